The number of thiazole rings is 1. The van der Waals surface area contributed by atoms with Gasteiger partial charge in [-0.05, 0) is 30.7 Å². The molecule has 110 valence electrons. The Hall–Kier alpha value is -2.41. The zero-order valence-corrected chi connectivity index (χ0v) is 12.7. The normalized spacial score (nSPS) is 10.6. The van der Waals surface area contributed by atoms with Crippen LogP contribution in [0.25, 0.3) is 0 Å². The van der Waals surface area contributed by atoms with Crippen LogP contribution in [-0.2, 0) is 4.79 Å². The van der Waals surface area contributed by atoms with Crippen molar-refractivity contribution < 1.29 is 14.3 Å². The maximum absolute atomic E-state index is 11.1. The van der Waals surface area contributed by atoms with E-state index in [0.717, 1.165) is 16.4 Å². The minimum Gasteiger partial charge on any atom is -0.493 e. The zero-order chi connectivity index (χ0) is 15.2. The van der Waals surface area contributed by atoms with Crippen molar-refractivity contribution in [2.24, 2.45) is 5.10 Å². The van der Waals surface area contributed by atoms with Crippen molar-refractivity contribution in [2.45, 2.75) is 13.8 Å². The molecule has 0 spiro atoms. The summed E-state index contributed by atoms with van der Waals surface area (Å²) >= 11 is 1.48. The highest BCUT2D eigenvalue weighted by Crippen LogP contribution is 2.27. The van der Waals surface area contributed by atoms with Crippen LogP contribution in [0.3, 0.4) is 0 Å². The fourth-order valence-corrected chi connectivity index (χ4v) is 2.21. The van der Waals surface area contributed by atoms with Crippen molar-refractivity contribution in [3.63, 3.8) is 0 Å². The summed E-state index contributed by atoms with van der Waals surface area (Å²) in [6, 6.07) is 5.20. The third-order valence-corrected chi connectivity index (χ3v) is 3.30. The summed E-state index contributed by atoms with van der Waals surface area (Å²) in [6.45, 7) is 3.26. The zero-order valence-electron chi connectivity index (χ0n) is 11.9. The topological polar surface area (TPSA) is 72.8 Å². The molecule has 0 amide bonds. The van der Waals surface area contributed by atoms with E-state index in [4.69, 9.17) is 9.47 Å². The number of methoxy groups -OCH3 is 1. The van der Waals surface area contributed by atoms with E-state index >= 15 is 0 Å². The lowest BCUT2D eigenvalue weighted by Crippen LogP contribution is -2.03. The fraction of sp³-hybridized carbons (Fsp3) is 0.214. The number of carbonyl (C=O) groups is 1. The van der Waals surface area contributed by atoms with E-state index < -0.39 is 5.97 Å². The van der Waals surface area contributed by atoms with Gasteiger partial charge >= 0.3 is 5.97 Å². The number of ether oxygens (including phenoxy) is 2. The standard InChI is InChI=1S/C14H15N3O3S/c1-9-8-21-14(16-9)17-15-7-11-4-5-12(19-3)13(6-11)20-10(2)18/h4-8H,1-3H3,(H,16,17). The van der Waals surface area contributed by atoms with Crippen LogP contribution in [-0.4, -0.2) is 24.3 Å². The number of nitrogens with zero attached hydrogens (tertiary/aromatic N) is 2. The fourth-order valence-electron chi connectivity index (χ4n) is 1.58. The molecule has 0 aliphatic rings. The second-order valence-corrected chi connectivity index (χ2v) is 5.03. The minimum atomic E-state index is -0.404. The van der Waals surface area contributed by atoms with Crippen LogP contribution in [0.1, 0.15) is 18.2 Å². The number of anilines is 1. The summed E-state index contributed by atoms with van der Waals surface area (Å²) in [6.07, 6.45) is 1.61. The van der Waals surface area contributed by atoms with E-state index in [1.165, 1.54) is 25.4 Å². The Bertz CT molecular complexity index is 667. The van der Waals surface area contributed by atoms with Gasteiger partial charge in [-0.25, -0.2) is 4.98 Å². The quantitative estimate of drug-likeness (QED) is 0.398. The molecule has 21 heavy (non-hydrogen) atoms. The van der Waals surface area contributed by atoms with Gasteiger partial charge in [0.05, 0.1) is 19.0 Å². The first kappa shape index (κ1) is 15.0. The Morgan fingerprint density at radius 2 is 2.24 bits per heavy atom. The average Bonchev–Trinajstić information content (AvgIpc) is 2.84. The summed E-state index contributed by atoms with van der Waals surface area (Å²) in [4.78, 5) is 15.3. The predicted octanol–water partition coefficient (Wildman–Crippen LogP) is 2.83. The second-order valence-electron chi connectivity index (χ2n) is 4.17. The number of aromatic nitrogens is 1. The predicted molar refractivity (Wildman–Crippen MR) is 82.4 cm³/mol. The summed E-state index contributed by atoms with van der Waals surface area (Å²) in [5.41, 5.74) is 4.56. The number of hydrogen-bond donors (Lipinski definition) is 1. The van der Waals surface area contributed by atoms with Gasteiger partial charge in [-0.15, -0.1) is 11.3 Å². The van der Waals surface area contributed by atoms with Crippen molar-refractivity contribution in [1.82, 2.24) is 4.98 Å². The molecule has 0 bridgehead atoms. The lowest BCUT2D eigenvalue weighted by molar-refractivity contribution is -0.132. The van der Waals surface area contributed by atoms with Crippen LogP contribution in [0, 0.1) is 6.92 Å². The monoisotopic (exact) mass is 305 g/mol. The highest BCUT2D eigenvalue weighted by molar-refractivity contribution is 7.13. The summed E-state index contributed by atoms with van der Waals surface area (Å²) in [5, 5.41) is 6.75. The van der Waals surface area contributed by atoms with Crippen LogP contribution in [0.4, 0.5) is 5.13 Å². The summed E-state index contributed by atoms with van der Waals surface area (Å²) in [5.74, 6) is 0.448. The molecule has 6 nitrogen and oxygen atoms in total. The van der Waals surface area contributed by atoms with Gasteiger partial charge in [-0.1, -0.05) is 0 Å². The maximum Gasteiger partial charge on any atom is 0.308 e. The average molecular weight is 305 g/mol. The molecule has 1 heterocycles. The Kier molecular flexibility index (Phi) is 4.89. The number of rotatable bonds is 5. The number of nitrogens with one attached hydrogen (secondary N) is 1. The molecule has 0 aliphatic heterocycles. The highest BCUT2D eigenvalue weighted by atomic mass is 32.1. The van der Waals surface area contributed by atoms with E-state index in [9.17, 15) is 4.79 Å². The van der Waals surface area contributed by atoms with Gasteiger partial charge in [0, 0.05) is 12.3 Å². The molecule has 0 aliphatic carbocycles. The molecule has 0 saturated heterocycles. The van der Waals surface area contributed by atoms with Crippen molar-refractivity contribution in [3.05, 3.63) is 34.8 Å². The van der Waals surface area contributed by atoms with E-state index in [-0.39, 0.29) is 0 Å². The Balaban J connectivity index is 2.10. The third kappa shape index (κ3) is 4.28. The van der Waals surface area contributed by atoms with Gasteiger partial charge < -0.3 is 9.47 Å². The molecular formula is C14H15N3O3S. The number of carbonyl (C=O) groups excluding carboxylic acids is 1. The maximum atomic E-state index is 11.1. The lowest BCUT2D eigenvalue weighted by atomic mass is 10.2. The lowest BCUT2D eigenvalue weighted by Gasteiger charge is -2.08. The SMILES string of the molecule is COc1ccc(C=NNc2nc(C)cs2)cc1OC(C)=O. The number of hydrazone groups is 1. The first-order valence-corrected chi connectivity index (χ1v) is 7.04. The Morgan fingerprint density at radius 1 is 1.43 bits per heavy atom. The molecule has 0 radical (unpaired) electrons. The molecule has 1 aromatic carbocycles. The molecule has 2 aromatic rings. The minimum absolute atomic E-state index is 0.360. The number of hydrogen-bond acceptors (Lipinski definition) is 7. The summed E-state index contributed by atoms with van der Waals surface area (Å²) < 4.78 is 10.2. The van der Waals surface area contributed by atoms with Crippen LogP contribution in [0.5, 0.6) is 11.5 Å². The van der Waals surface area contributed by atoms with Gasteiger partial charge in [0.15, 0.2) is 11.5 Å². The van der Waals surface area contributed by atoms with Gasteiger partial charge in [0.2, 0.25) is 5.13 Å². The molecule has 7 heteroatoms. The Labute approximate surface area is 126 Å². The van der Waals surface area contributed by atoms with Crippen molar-refractivity contribution >= 4 is 28.7 Å². The van der Waals surface area contributed by atoms with Crippen molar-refractivity contribution in [3.8, 4) is 11.5 Å². The molecule has 1 N–H and O–H groups in total. The molecule has 0 saturated carbocycles. The van der Waals surface area contributed by atoms with E-state index in [1.807, 2.05) is 18.4 Å². The third-order valence-electron chi connectivity index (χ3n) is 2.43. The van der Waals surface area contributed by atoms with Gasteiger partial charge in [0.1, 0.15) is 0 Å². The first-order chi connectivity index (χ1) is 10.1. The van der Waals surface area contributed by atoms with E-state index in [1.54, 1.807) is 18.3 Å². The van der Waals surface area contributed by atoms with Gasteiger partial charge in [-0.3, -0.25) is 10.2 Å². The summed E-state index contributed by atoms with van der Waals surface area (Å²) in [7, 11) is 1.52. The van der Waals surface area contributed by atoms with Crippen molar-refractivity contribution in [2.75, 3.05) is 12.5 Å². The van der Waals surface area contributed by atoms with Crippen molar-refractivity contribution in [1.29, 1.82) is 0 Å². The van der Waals surface area contributed by atoms with Crippen LogP contribution in [0.2, 0.25) is 0 Å². The number of esters is 1. The molecule has 2 rings (SSSR count). The van der Waals surface area contributed by atoms with Gasteiger partial charge in [-0.2, -0.15) is 5.10 Å². The second kappa shape index (κ2) is 6.85. The molecular weight excluding hydrogens is 290 g/mol. The number of benzene rings is 1. The van der Waals surface area contributed by atoms with Crippen LogP contribution < -0.4 is 14.9 Å². The van der Waals surface area contributed by atoms with Gasteiger partial charge in [0.25, 0.3) is 0 Å². The first-order valence-electron chi connectivity index (χ1n) is 6.16. The Morgan fingerprint density at radius 3 is 2.86 bits per heavy atom. The smallest absolute Gasteiger partial charge is 0.308 e. The molecule has 0 atom stereocenters. The van der Waals surface area contributed by atoms with E-state index in [2.05, 4.69) is 15.5 Å². The van der Waals surface area contributed by atoms with E-state index in [0.29, 0.717) is 11.5 Å². The molecule has 1 aromatic heterocycles. The highest BCUT2D eigenvalue weighted by Gasteiger charge is 2.07. The largest absolute Gasteiger partial charge is 0.493 e. The molecule has 0 unspecified atom stereocenters. The molecule has 0 fully saturated rings. The van der Waals surface area contributed by atoms with Crippen LogP contribution >= 0.6 is 11.3 Å². The number of aryl methyl sites for hydroxylation is 1. The van der Waals surface area contributed by atoms with Crippen LogP contribution in [0.15, 0.2) is 28.7 Å².